The van der Waals surface area contributed by atoms with Crippen LogP contribution in [0.25, 0.3) is 11.3 Å². The zero-order chi connectivity index (χ0) is 18.4. The second kappa shape index (κ2) is 4.89. The number of nitrogens with zero attached hydrogens (tertiary/aromatic N) is 2. The number of hydrogen-bond acceptors (Lipinski definition) is 4. The molecule has 140 valence electrons. The molecule has 3 unspecified atom stereocenters. The Morgan fingerprint density at radius 3 is 2.59 bits per heavy atom. The van der Waals surface area contributed by atoms with Crippen molar-refractivity contribution >= 4 is 5.78 Å². The first-order valence-corrected chi connectivity index (χ1v) is 9.98. The minimum absolute atomic E-state index is 0.0384. The van der Waals surface area contributed by atoms with Crippen LogP contribution in [-0.2, 0) is 4.79 Å². The van der Waals surface area contributed by atoms with E-state index in [0.29, 0.717) is 25.7 Å². The molecule has 27 heavy (non-hydrogen) atoms. The monoisotopic (exact) mass is 364 g/mol. The van der Waals surface area contributed by atoms with Crippen LogP contribution in [0.4, 0.5) is 0 Å². The second-order valence-corrected chi connectivity index (χ2v) is 9.65. The van der Waals surface area contributed by atoms with Gasteiger partial charge in [0.1, 0.15) is 5.78 Å². The molecule has 5 nitrogen and oxygen atoms in total. The van der Waals surface area contributed by atoms with E-state index in [1.807, 2.05) is 24.7 Å². The maximum Gasteiger partial charge on any atom is 0.141 e. The molecule has 1 aromatic carbocycles. The summed E-state index contributed by atoms with van der Waals surface area (Å²) in [5.74, 6) is 0.463. The van der Waals surface area contributed by atoms with Crippen molar-refractivity contribution in [3.05, 3.63) is 42.4 Å². The summed E-state index contributed by atoms with van der Waals surface area (Å²) in [6, 6.07) is 8.19. The molecule has 4 saturated carbocycles. The molecule has 7 rings (SSSR count). The van der Waals surface area contributed by atoms with Gasteiger partial charge < -0.3 is 14.8 Å². The van der Waals surface area contributed by atoms with Gasteiger partial charge in [-0.1, -0.05) is 24.3 Å². The number of aromatic nitrogens is 2. The molecule has 5 heteroatoms. The average Bonchev–Trinajstić information content (AvgIpc) is 3.14. The van der Waals surface area contributed by atoms with Gasteiger partial charge in [-0.2, -0.15) is 0 Å². The molecule has 4 fully saturated rings. The molecule has 1 aliphatic heterocycles. The van der Waals surface area contributed by atoms with E-state index >= 15 is 0 Å². The van der Waals surface area contributed by atoms with Gasteiger partial charge in [-0.25, -0.2) is 4.98 Å². The number of rotatable bonds is 3. The molecule has 2 aromatic rings. The van der Waals surface area contributed by atoms with Crippen molar-refractivity contribution in [3.8, 4) is 11.3 Å². The Morgan fingerprint density at radius 1 is 1.11 bits per heavy atom. The lowest BCUT2D eigenvalue weighted by Crippen LogP contribution is -2.65. The number of aliphatic hydroxyl groups is 2. The lowest BCUT2D eigenvalue weighted by molar-refractivity contribution is -0.227. The first kappa shape index (κ1) is 16.0. The van der Waals surface area contributed by atoms with E-state index in [1.54, 1.807) is 0 Å². The Bertz CT molecular complexity index is 946. The van der Waals surface area contributed by atoms with Crippen LogP contribution >= 0.6 is 0 Å². The maximum absolute atomic E-state index is 13.6. The standard InChI is InChI=1S/C22H24N2O3/c25-19(20-6-14-7-21(26,10-20)12-22(27,8-14)11-20)5-17-15-3-1-2-4-16(15)18-9-23-13-24(17)18/h1-4,9,13-14,17,26-27H,5-8,10-12H2. The van der Waals surface area contributed by atoms with Crippen LogP contribution in [-0.4, -0.2) is 36.7 Å². The van der Waals surface area contributed by atoms with Crippen molar-refractivity contribution < 1.29 is 15.0 Å². The predicted octanol–water partition coefficient (Wildman–Crippen LogP) is 2.86. The minimum atomic E-state index is -0.864. The molecular formula is C22H24N2O3. The van der Waals surface area contributed by atoms with Gasteiger partial charge >= 0.3 is 0 Å². The van der Waals surface area contributed by atoms with E-state index < -0.39 is 16.6 Å². The SMILES string of the molecule is O=C(CC1c2ccccc2-c2cncn21)C12CC3CC(O)(CC(O)(C3)C1)C2. The fourth-order valence-corrected chi connectivity index (χ4v) is 7.18. The molecule has 0 saturated heterocycles. The molecule has 2 N–H and O–H groups in total. The quantitative estimate of drug-likeness (QED) is 0.878. The van der Waals surface area contributed by atoms with Gasteiger partial charge in [-0.3, -0.25) is 4.79 Å². The first-order valence-electron chi connectivity index (χ1n) is 9.98. The van der Waals surface area contributed by atoms with Crippen LogP contribution in [0.1, 0.15) is 56.6 Å². The third-order valence-electron chi connectivity index (χ3n) is 7.58. The largest absolute Gasteiger partial charge is 0.390 e. The highest BCUT2D eigenvalue weighted by atomic mass is 16.3. The highest BCUT2D eigenvalue weighted by Gasteiger charge is 2.64. The summed E-state index contributed by atoms with van der Waals surface area (Å²) in [5.41, 5.74) is 1.09. The smallest absolute Gasteiger partial charge is 0.141 e. The van der Waals surface area contributed by atoms with Crippen LogP contribution in [0, 0.1) is 11.3 Å². The van der Waals surface area contributed by atoms with Crippen molar-refractivity contribution in [2.45, 2.75) is 62.2 Å². The number of benzene rings is 1. The van der Waals surface area contributed by atoms with Crippen molar-refractivity contribution in [2.75, 3.05) is 0 Å². The number of hydrogen-bond donors (Lipinski definition) is 2. The topological polar surface area (TPSA) is 75.4 Å². The molecule has 2 heterocycles. The van der Waals surface area contributed by atoms with E-state index in [2.05, 4.69) is 21.7 Å². The van der Waals surface area contributed by atoms with Crippen LogP contribution in [0.2, 0.25) is 0 Å². The van der Waals surface area contributed by atoms with Crippen molar-refractivity contribution in [1.82, 2.24) is 9.55 Å². The van der Waals surface area contributed by atoms with Gasteiger partial charge in [0.05, 0.1) is 35.5 Å². The summed E-state index contributed by atoms with van der Waals surface area (Å²) >= 11 is 0. The lowest BCUT2D eigenvalue weighted by Gasteiger charge is -2.62. The molecule has 4 aliphatic carbocycles. The van der Waals surface area contributed by atoms with Crippen molar-refractivity contribution in [1.29, 1.82) is 0 Å². The third kappa shape index (κ3) is 2.13. The molecule has 4 bridgehead atoms. The molecule has 1 aromatic heterocycles. The van der Waals surface area contributed by atoms with Gasteiger partial charge in [-0.15, -0.1) is 0 Å². The highest BCUT2D eigenvalue weighted by Crippen LogP contribution is 2.64. The Hall–Kier alpha value is -1.98. The molecule has 5 aliphatic rings. The van der Waals surface area contributed by atoms with Crippen molar-refractivity contribution in [2.24, 2.45) is 11.3 Å². The van der Waals surface area contributed by atoms with E-state index in [4.69, 9.17) is 0 Å². The molecule has 0 amide bonds. The number of ketones is 1. The fourth-order valence-electron chi connectivity index (χ4n) is 7.18. The maximum atomic E-state index is 13.6. The molecule has 3 atom stereocenters. The minimum Gasteiger partial charge on any atom is -0.390 e. The second-order valence-electron chi connectivity index (χ2n) is 9.65. The molecule has 0 radical (unpaired) electrons. The summed E-state index contributed by atoms with van der Waals surface area (Å²) in [4.78, 5) is 17.9. The van der Waals surface area contributed by atoms with Gasteiger partial charge in [0, 0.05) is 23.8 Å². The number of carbonyl (C=O) groups excluding carboxylic acids is 1. The van der Waals surface area contributed by atoms with Crippen LogP contribution in [0.15, 0.2) is 36.8 Å². The molecular weight excluding hydrogens is 340 g/mol. The predicted molar refractivity (Wildman–Crippen MR) is 99.0 cm³/mol. The number of Topliss-reactive ketones (excluding diaryl/α,β-unsaturated/α-hetero) is 1. The zero-order valence-corrected chi connectivity index (χ0v) is 15.3. The Balaban J connectivity index is 1.36. The Kier molecular flexibility index (Phi) is 2.90. The zero-order valence-electron chi connectivity index (χ0n) is 15.3. The first-order chi connectivity index (χ1) is 12.9. The van der Waals surface area contributed by atoms with Gasteiger partial charge in [-0.05, 0) is 43.6 Å². The number of carbonyl (C=O) groups is 1. The van der Waals surface area contributed by atoms with Gasteiger partial charge in [0.2, 0.25) is 0 Å². The van der Waals surface area contributed by atoms with Crippen LogP contribution < -0.4 is 0 Å². The fraction of sp³-hybridized carbons (Fsp3) is 0.545. The normalized spacial score (nSPS) is 40.8. The Morgan fingerprint density at radius 2 is 1.85 bits per heavy atom. The Labute approximate surface area is 158 Å². The van der Waals surface area contributed by atoms with E-state index in [9.17, 15) is 15.0 Å². The summed E-state index contributed by atoms with van der Waals surface area (Å²) in [5, 5.41) is 22.0. The highest BCUT2D eigenvalue weighted by molar-refractivity contribution is 5.87. The van der Waals surface area contributed by atoms with Gasteiger partial charge in [0.25, 0.3) is 0 Å². The van der Waals surface area contributed by atoms with E-state index in [0.717, 1.165) is 30.5 Å². The number of fused-ring (bicyclic) bond motifs is 3. The van der Waals surface area contributed by atoms with E-state index in [1.165, 1.54) is 5.56 Å². The average molecular weight is 364 g/mol. The van der Waals surface area contributed by atoms with Crippen LogP contribution in [0.5, 0.6) is 0 Å². The lowest BCUT2D eigenvalue weighted by atomic mass is 9.45. The van der Waals surface area contributed by atoms with Gasteiger partial charge in [0.15, 0.2) is 0 Å². The summed E-state index contributed by atoms with van der Waals surface area (Å²) in [7, 11) is 0. The number of imidazole rings is 1. The van der Waals surface area contributed by atoms with Crippen molar-refractivity contribution in [3.63, 3.8) is 0 Å². The summed E-state index contributed by atoms with van der Waals surface area (Å²) < 4.78 is 2.10. The third-order valence-corrected chi connectivity index (χ3v) is 7.58. The molecule has 0 spiro atoms. The van der Waals surface area contributed by atoms with E-state index in [-0.39, 0.29) is 17.7 Å². The summed E-state index contributed by atoms with van der Waals surface area (Å²) in [6.07, 6.45) is 7.84. The van der Waals surface area contributed by atoms with Crippen LogP contribution in [0.3, 0.4) is 0 Å². The summed E-state index contributed by atoms with van der Waals surface area (Å²) in [6.45, 7) is 0.